The van der Waals surface area contributed by atoms with Crippen molar-refractivity contribution in [1.82, 2.24) is 0 Å². The van der Waals surface area contributed by atoms with Crippen LogP contribution in [0.25, 0.3) is 0 Å². The Morgan fingerprint density at radius 3 is 2.73 bits per heavy atom. The molecule has 0 amide bonds. The fourth-order valence-corrected chi connectivity index (χ4v) is 1.23. The summed E-state index contributed by atoms with van der Waals surface area (Å²) < 4.78 is 0. The van der Waals surface area contributed by atoms with E-state index in [2.05, 4.69) is 23.2 Å². The molecule has 0 saturated heterocycles. The molecule has 76 valence electrons. The second kappa shape index (κ2) is 6.56. The summed E-state index contributed by atoms with van der Waals surface area (Å²) in [5, 5.41) is 8.72. The molecule has 1 aromatic carbocycles. The van der Waals surface area contributed by atoms with Gasteiger partial charge in [0.05, 0.1) is 0 Å². The van der Waals surface area contributed by atoms with E-state index in [0.717, 1.165) is 6.42 Å². The average molecular weight is 198 g/mol. The molecule has 0 radical (unpaired) electrons. The van der Waals surface area contributed by atoms with Crippen LogP contribution < -0.4 is 0 Å². The van der Waals surface area contributed by atoms with Crippen molar-refractivity contribution in [1.29, 1.82) is 5.26 Å². The lowest BCUT2D eigenvalue weighted by Gasteiger charge is -1.96. The Morgan fingerprint density at radius 2 is 2.13 bits per heavy atom. The van der Waals surface area contributed by atoms with Gasteiger partial charge in [-0.25, -0.2) is 0 Å². The number of aliphatic imine (C=N–C) groups is 1. The fourth-order valence-electron chi connectivity index (χ4n) is 1.23. The van der Waals surface area contributed by atoms with Crippen LogP contribution in [0.5, 0.6) is 0 Å². The van der Waals surface area contributed by atoms with Crippen LogP contribution in [-0.2, 0) is 6.42 Å². The molecule has 0 aromatic heterocycles. The molecule has 0 aliphatic heterocycles. The van der Waals surface area contributed by atoms with Gasteiger partial charge in [-0.2, -0.15) is 5.26 Å². The molecule has 0 spiro atoms. The summed E-state index contributed by atoms with van der Waals surface area (Å²) >= 11 is 0. The van der Waals surface area contributed by atoms with Crippen molar-refractivity contribution in [3.63, 3.8) is 0 Å². The molecule has 0 N–H and O–H groups in total. The van der Waals surface area contributed by atoms with E-state index < -0.39 is 0 Å². The van der Waals surface area contributed by atoms with Crippen LogP contribution in [0.2, 0.25) is 0 Å². The lowest BCUT2D eigenvalue weighted by molar-refractivity contribution is 0.971. The third-order valence-corrected chi connectivity index (χ3v) is 1.96. The predicted octanol–water partition coefficient (Wildman–Crippen LogP) is 2.77. The first kappa shape index (κ1) is 11.2. The highest BCUT2D eigenvalue weighted by Crippen LogP contribution is 1.99. The van der Waals surface area contributed by atoms with E-state index in [0.29, 0.717) is 12.3 Å². The van der Waals surface area contributed by atoms with Crippen molar-refractivity contribution in [3.05, 3.63) is 48.0 Å². The first-order chi connectivity index (χ1) is 7.36. The molecule has 2 nitrogen and oxygen atoms in total. The molecule has 0 saturated carbocycles. The molecule has 0 aliphatic carbocycles. The highest BCUT2D eigenvalue weighted by atomic mass is 14.7. The smallest absolute Gasteiger partial charge is 0.134 e. The van der Waals surface area contributed by atoms with Crippen LogP contribution in [0.4, 0.5) is 0 Å². The molecular formula is C13H14N2. The lowest BCUT2D eigenvalue weighted by Crippen LogP contribution is -1.94. The van der Waals surface area contributed by atoms with Gasteiger partial charge in [0.1, 0.15) is 11.8 Å². The van der Waals surface area contributed by atoms with E-state index in [1.807, 2.05) is 31.2 Å². The standard InChI is InChI=1S/C13H14N2/c1-2-6-13(11-14)15-10-9-12-7-4-3-5-8-12/h2-8H,9-10H2,1H3/b6-2+,15-13?. The first-order valence-electron chi connectivity index (χ1n) is 4.98. The normalized spacial score (nSPS) is 11.6. The van der Waals surface area contributed by atoms with Crippen molar-refractivity contribution in [3.8, 4) is 6.07 Å². The highest BCUT2D eigenvalue weighted by molar-refractivity contribution is 6.07. The van der Waals surface area contributed by atoms with Gasteiger partial charge in [0.25, 0.3) is 0 Å². The Morgan fingerprint density at radius 1 is 1.40 bits per heavy atom. The molecule has 0 aliphatic rings. The van der Waals surface area contributed by atoms with Crippen molar-refractivity contribution < 1.29 is 0 Å². The summed E-state index contributed by atoms with van der Waals surface area (Å²) in [5.74, 6) is 0. The van der Waals surface area contributed by atoms with Crippen LogP contribution in [-0.4, -0.2) is 12.3 Å². The summed E-state index contributed by atoms with van der Waals surface area (Å²) in [5.41, 5.74) is 1.74. The summed E-state index contributed by atoms with van der Waals surface area (Å²) in [4.78, 5) is 4.20. The maximum atomic E-state index is 8.72. The van der Waals surface area contributed by atoms with E-state index in [-0.39, 0.29) is 0 Å². The fraction of sp³-hybridized carbons (Fsp3) is 0.231. The van der Waals surface area contributed by atoms with Crippen molar-refractivity contribution in [2.75, 3.05) is 6.54 Å². The molecule has 0 atom stereocenters. The van der Waals surface area contributed by atoms with Crippen LogP contribution in [0.15, 0.2) is 47.5 Å². The summed E-state index contributed by atoms with van der Waals surface area (Å²) in [7, 11) is 0. The SMILES string of the molecule is C/C=C/C(C#N)=NCCc1ccccc1. The Balaban J connectivity index is 2.48. The minimum absolute atomic E-state index is 0.494. The zero-order chi connectivity index (χ0) is 10.9. The minimum atomic E-state index is 0.494. The second-order valence-electron chi connectivity index (χ2n) is 3.11. The van der Waals surface area contributed by atoms with Gasteiger partial charge >= 0.3 is 0 Å². The maximum Gasteiger partial charge on any atom is 0.134 e. The first-order valence-corrected chi connectivity index (χ1v) is 4.98. The number of nitriles is 1. The minimum Gasteiger partial charge on any atom is -0.274 e. The van der Waals surface area contributed by atoms with E-state index in [4.69, 9.17) is 5.26 Å². The molecule has 0 unspecified atom stereocenters. The van der Waals surface area contributed by atoms with E-state index in [1.165, 1.54) is 5.56 Å². The summed E-state index contributed by atoms with van der Waals surface area (Å²) in [6, 6.07) is 12.2. The molecule has 0 fully saturated rings. The second-order valence-corrected chi connectivity index (χ2v) is 3.11. The molecule has 1 rings (SSSR count). The number of rotatable bonds is 4. The van der Waals surface area contributed by atoms with Gasteiger partial charge in [-0.3, -0.25) is 4.99 Å². The molecule has 0 bridgehead atoms. The van der Waals surface area contributed by atoms with Gasteiger partial charge in [-0.15, -0.1) is 0 Å². The van der Waals surface area contributed by atoms with Crippen molar-refractivity contribution in [2.45, 2.75) is 13.3 Å². The molecule has 2 heteroatoms. The van der Waals surface area contributed by atoms with Crippen LogP contribution in [0.1, 0.15) is 12.5 Å². The highest BCUT2D eigenvalue weighted by Gasteiger charge is 1.92. The summed E-state index contributed by atoms with van der Waals surface area (Å²) in [6.45, 7) is 2.54. The van der Waals surface area contributed by atoms with Crippen LogP contribution in [0.3, 0.4) is 0 Å². The zero-order valence-electron chi connectivity index (χ0n) is 8.85. The van der Waals surface area contributed by atoms with Crippen LogP contribution in [0, 0.1) is 11.3 Å². The zero-order valence-corrected chi connectivity index (χ0v) is 8.85. The quantitative estimate of drug-likeness (QED) is 0.685. The average Bonchev–Trinajstić information content (AvgIpc) is 2.29. The van der Waals surface area contributed by atoms with Gasteiger partial charge in [0.15, 0.2) is 0 Å². The van der Waals surface area contributed by atoms with E-state index in [1.54, 1.807) is 6.08 Å². The molecule has 15 heavy (non-hydrogen) atoms. The number of allylic oxidation sites excluding steroid dienone is 2. The van der Waals surface area contributed by atoms with E-state index >= 15 is 0 Å². The van der Waals surface area contributed by atoms with Crippen LogP contribution >= 0.6 is 0 Å². The summed E-state index contributed by atoms with van der Waals surface area (Å²) in [6.07, 6.45) is 4.43. The monoisotopic (exact) mass is 198 g/mol. The Labute approximate surface area is 90.6 Å². The third kappa shape index (κ3) is 4.24. The van der Waals surface area contributed by atoms with Gasteiger partial charge in [-0.05, 0) is 25.0 Å². The number of benzene rings is 1. The van der Waals surface area contributed by atoms with Gasteiger partial charge < -0.3 is 0 Å². The van der Waals surface area contributed by atoms with Gasteiger partial charge in [0.2, 0.25) is 0 Å². The Kier molecular flexibility index (Phi) is 4.89. The maximum absolute atomic E-state index is 8.72. The van der Waals surface area contributed by atoms with Crippen molar-refractivity contribution >= 4 is 5.71 Å². The third-order valence-electron chi connectivity index (χ3n) is 1.96. The lowest BCUT2D eigenvalue weighted by atomic mass is 10.1. The van der Waals surface area contributed by atoms with Gasteiger partial charge in [-0.1, -0.05) is 36.4 Å². The molecule has 1 aromatic rings. The largest absolute Gasteiger partial charge is 0.274 e. The van der Waals surface area contributed by atoms with E-state index in [9.17, 15) is 0 Å². The van der Waals surface area contributed by atoms with Crippen molar-refractivity contribution in [2.24, 2.45) is 4.99 Å². The predicted molar refractivity (Wildman–Crippen MR) is 62.9 cm³/mol. The Hall–Kier alpha value is -1.88. The van der Waals surface area contributed by atoms with Gasteiger partial charge in [0, 0.05) is 6.54 Å². The number of nitrogens with zero attached hydrogens (tertiary/aromatic N) is 2. The number of hydrogen-bond donors (Lipinski definition) is 0. The molecule has 0 heterocycles. The topological polar surface area (TPSA) is 36.1 Å². The Bertz CT molecular complexity index is 383. The molecular weight excluding hydrogens is 184 g/mol. The number of hydrogen-bond acceptors (Lipinski definition) is 2.